The standard InChI is InChI=1S/C24H19BrN2O5S/c1-3-32-23(31)21-13(2)26-24(33-21)27-18(15-10-7-11-16(25)12-15)17(20(29)22(27)30)19(28)14-8-5-4-6-9-14/h4-12,18,28H,3H2,1-2H3/b19-17+. The first-order chi connectivity index (χ1) is 15.8. The number of benzene rings is 2. The van der Waals surface area contributed by atoms with Gasteiger partial charge in [-0.25, -0.2) is 9.78 Å². The molecule has 2 heterocycles. The number of aryl methyl sites for hydroxylation is 1. The van der Waals surface area contributed by atoms with Gasteiger partial charge < -0.3 is 9.84 Å². The minimum Gasteiger partial charge on any atom is -0.507 e. The van der Waals surface area contributed by atoms with Crippen molar-refractivity contribution in [2.24, 2.45) is 0 Å². The van der Waals surface area contributed by atoms with Crippen LogP contribution in [0, 0.1) is 6.92 Å². The number of hydrogen-bond donors (Lipinski definition) is 1. The molecule has 9 heteroatoms. The van der Waals surface area contributed by atoms with Crippen LogP contribution in [0.4, 0.5) is 5.13 Å². The van der Waals surface area contributed by atoms with Crippen molar-refractivity contribution < 1.29 is 24.2 Å². The van der Waals surface area contributed by atoms with Gasteiger partial charge in [0, 0.05) is 10.0 Å². The Morgan fingerprint density at radius 1 is 1.18 bits per heavy atom. The van der Waals surface area contributed by atoms with Crippen molar-refractivity contribution in [1.82, 2.24) is 4.98 Å². The van der Waals surface area contributed by atoms with E-state index in [-0.39, 0.29) is 27.9 Å². The summed E-state index contributed by atoms with van der Waals surface area (Å²) in [6, 6.07) is 14.8. The predicted molar refractivity (Wildman–Crippen MR) is 128 cm³/mol. The number of thiazole rings is 1. The van der Waals surface area contributed by atoms with Crippen LogP contribution in [0.5, 0.6) is 0 Å². The van der Waals surface area contributed by atoms with Crippen molar-refractivity contribution in [1.29, 1.82) is 0 Å². The quantitative estimate of drug-likeness (QED) is 0.217. The molecule has 1 atom stereocenters. The maximum Gasteiger partial charge on any atom is 0.350 e. The molecule has 0 saturated carbocycles. The third kappa shape index (κ3) is 4.21. The molecule has 0 spiro atoms. The molecule has 2 aromatic carbocycles. The Hall–Kier alpha value is -3.30. The number of aliphatic hydroxyl groups excluding tert-OH is 1. The van der Waals surface area contributed by atoms with Gasteiger partial charge in [-0.2, -0.15) is 0 Å². The molecule has 3 aromatic rings. The van der Waals surface area contributed by atoms with Gasteiger partial charge in [0.25, 0.3) is 5.78 Å². The summed E-state index contributed by atoms with van der Waals surface area (Å²) in [6.45, 7) is 3.54. The van der Waals surface area contributed by atoms with Gasteiger partial charge in [-0.15, -0.1) is 0 Å². The first kappa shape index (κ1) is 22.9. The molecule has 7 nitrogen and oxygen atoms in total. The van der Waals surface area contributed by atoms with Crippen LogP contribution >= 0.6 is 27.3 Å². The number of ether oxygens (including phenoxy) is 1. The number of carbonyl (C=O) groups excluding carboxylic acids is 3. The lowest BCUT2D eigenvalue weighted by molar-refractivity contribution is -0.132. The summed E-state index contributed by atoms with van der Waals surface area (Å²) < 4.78 is 5.83. The largest absolute Gasteiger partial charge is 0.507 e. The second-order valence-electron chi connectivity index (χ2n) is 7.22. The summed E-state index contributed by atoms with van der Waals surface area (Å²) in [5, 5.41) is 11.2. The summed E-state index contributed by atoms with van der Waals surface area (Å²) in [5.74, 6) is -2.48. The summed E-state index contributed by atoms with van der Waals surface area (Å²) in [7, 11) is 0. The minimum atomic E-state index is -0.927. The van der Waals surface area contributed by atoms with E-state index in [9.17, 15) is 19.5 Å². The molecular formula is C24H19BrN2O5S. The maximum absolute atomic E-state index is 13.2. The zero-order valence-corrected chi connectivity index (χ0v) is 20.1. The molecule has 0 bridgehead atoms. The number of aliphatic hydroxyl groups is 1. The highest BCUT2D eigenvalue weighted by atomic mass is 79.9. The Bertz CT molecular complexity index is 1290. The van der Waals surface area contributed by atoms with Crippen molar-refractivity contribution in [3.05, 3.63) is 86.3 Å². The molecule has 4 rings (SSSR count). The zero-order valence-electron chi connectivity index (χ0n) is 17.7. The number of Topliss-reactive ketones (excluding diaryl/α,β-unsaturated/α-hetero) is 1. The maximum atomic E-state index is 13.2. The van der Waals surface area contributed by atoms with Crippen molar-refractivity contribution in [3.63, 3.8) is 0 Å². The molecule has 1 unspecified atom stereocenters. The number of aromatic nitrogens is 1. The second kappa shape index (κ2) is 9.29. The Balaban J connectivity index is 1.92. The molecule has 1 aliphatic heterocycles. The fraction of sp³-hybridized carbons (Fsp3) is 0.167. The van der Waals surface area contributed by atoms with Crippen molar-refractivity contribution in [3.8, 4) is 0 Å². The van der Waals surface area contributed by atoms with Crippen LogP contribution in [0.1, 0.15) is 39.5 Å². The van der Waals surface area contributed by atoms with E-state index >= 15 is 0 Å². The fourth-order valence-corrected chi connectivity index (χ4v) is 5.05. The van der Waals surface area contributed by atoms with E-state index in [1.807, 2.05) is 6.07 Å². The van der Waals surface area contributed by atoms with Crippen molar-refractivity contribution >= 4 is 55.8 Å². The van der Waals surface area contributed by atoms with E-state index in [1.165, 1.54) is 4.90 Å². The van der Waals surface area contributed by atoms with Gasteiger partial charge in [-0.05, 0) is 31.5 Å². The molecule has 1 aliphatic rings. The lowest BCUT2D eigenvalue weighted by Gasteiger charge is -2.23. The lowest BCUT2D eigenvalue weighted by Crippen LogP contribution is -2.29. The van der Waals surface area contributed by atoms with Gasteiger partial charge >= 0.3 is 11.9 Å². The molecule has 0 aliphatic carbocycles. The van der Waals surface area contributed by atoms with Crippen LogP contribution in [0.25, 0.3) is 5.76 Å². The van der Waals surface area contributed by atoms with Crippen LogP contribution in [0.15, 0.2) is 64.6 Å². The van der Waals surface area contributed by atoms with Crippen molar-refractivity contribution in [2.75, 3.05) is 11.5 Å². The molecule has 1 fully saturated rings. The molecule has 1 aromatic heterocycles. The molecule has 1 N–H and O–H groups in total. The third-order valence-corrected chi connectivity index (χ3v) is 6.74. The number of hydrogen-bond acceptors (Lipinski definition) is 7. The van der Waals surface area contributed by atoms with Gasteiger partial charge in [0.2, 0.25) is 0 Å². The summed E-state index contributed by atoms with van der Waals surface area (Å²) in [6.07, 6.45) is 0. The zero-order chi connectivity index (χ0) is 23.7. The number of ketones is 1. The van der Waals surface area contributed by atoms with E-state index < -0.39 is 23.7 Å². The van der Waals surface area contributed by atoms with E-state index in [2.05, 4.69) is 20.9 Å². The lowest BCUT2D eigenvalue weighted by atomic mass is 9.95. The average Bonchev–Trinajstić information content (AvgIpc) is 3.31. The Morgan fingerprint density at radius 2 is 1.91 bits per heavy atom. The first-order valence-corrected chi connectivity index (χ1v) is 11.7. The number of nitrogens with zero attached hydrogens (tertiary/aromatic N) is 2. The smallest absolute Gasteiger partial charge is 0.350 e. The van der Waals surface area contributed by atoms with Crippen LogP contribution in [0.2, 0.25) is 0 Å². The molecule has 0 radical (unpaired) electrons. The van der Waals surface area contributed by atoms with Gasteiger partial charge in [0.15, 0.2) is 5.13 Å². The number of rotatable bonds is 5. The Labute approximate surface area is 202 Å². The summed E-state index contributed by atoms with van der Waals surface area (Å²) >= 11 is 4.40. The van der Waals surface area contributed by atoms with Crippen LogP contribution in [0.3, 0.4) is 0 Å². The average molecular weight is 527 g/mol. The molecular weight excluding hydrogens is 508 g/mol. The van der Waals surface area contributed by atoms with E-state index in [4.69, 9.17) is 4.74 Å². The SMILES string of the molecule is CCOC(=O)c1sc(N2C(=O)C(=O)/C(=C(/O)c3ccccc3)C2c2cccc(Br)c2)nc1C. The highest BCUT2D eigenvalue weighted by molar-refractivity contribution is 9.10. The Morgan fingerprint density at radius 3 is 2.58 bits per heavy atom. The Kier molecular flexibility index (Phi) is 6.44. The summed E-state index contributed by atoms with van der Waals surface area (Å²) in [5.41, 5.74) is 1.37. The number of esters is 1. The van der Waals surface area contributed by atoms with Crippen LogP contribution < -0.4 is 4.90 Å². The first-order valence-electron chi connectivity index (χ1n) is 10.1. The molecule has 168 valence electrons. The third-order valence-electron chi connectivity index (χ3n) is 5.11. The number of anilines is 1. The van der Waals surface area contributed by atoms with Crippen LogP contribution in [-0.2, 0) is 14.3 Å². The summed E-state index contributed by atoms with van der Waals surface area (Å²) in [4.78, 5) is 44.6. The minimum absolute atomic E-state index is 0.0464. The molecule has 1 amide bonds. The topological polar surface area (TPSA) is 96.8 Å². The second-order valence-corrected chi connectivity index (χ2v) is 9.11. The number of carbonyl (C=O) groups is 3. The van der Waals surface area contributed by atoms with Gasteiger partial charge in [-0.1, -0.05) is 69.7 Å². The van der Waals surface area contributed by atoms with Gasteiger partial charge in [0.05, 0.1) is 23.9 Å². The van der Waals surface area contributed by atoms with Gasteiger partial charge in [0.1, 0.15) is 10.6 Å². The normalized spacial score (nSPS) is 17.4. The van der Waals surface area contributed by atoms with E-state index in [1.54, 1.807) is 62.4 Å². The van der Waals surface area contributed by atoms with Crippen LogP contribution in [-0.4, -0.2) is 34.4 Å². The molecule has 1 saturated heterocycles. The molecule has 33 heavy (non-hydrogen) atoms. The number of halogens is 1. The monoisotopic (exact) mass is 526 g/mol. The fourth-order valence-electron chi connectivity index (χ4n) is 3.64. The predicted octanol–water partition coefficient (Wildman–Crippen LogP) is 5.02. The van der Waals surface area contributed by atoms with E-state index in [0.29, 0.717) is 16.8 Å². The van der Waals surface area contributed by atoms with Crippen molar-refractivity contribution in [2.45, 2.75) is 19.9 Å². The highest BCUT2D eigenvalue weighted by Crippen LogP contribution is 2.44. The van der Waals surface area contributed by atoms with E-state index in [0.717, 1.165) is 15.8 Å². The van der Waals surface area contributed by atoms with Gasteiger partial charge in [-0.3, -0.25) is 14.5 Å². The highest BCUT2D eigenvalue weighted by Gasteiger charge is 2.48. The number of amides is 1.